The van der Waals surface area contributed by atoms with Gasteiger partial charge >= 0.3 is 0 Å². The zero-order valence-corrected chi connectivity index (χ0v) is 13.4. The molecule has 0 bridgehead atoms. The molecule has 5 heteroatoms. The average molecular weight is 306 g/mol. The normalized spacial score (nSPS) is 17.8. The van der Waals surface area contributed by atoms with Gasteiger partial charge in [-0.05, 0) is 36.3 Å². The number of nitrogens with zero attached hydrogens (tertiary/aromatic N) is 2. The van der Waals surface area contributed by atoms with Gasteiger partial charge < -0.3 is 0 Å². The third-order valence-corrected chi connectivity index (χ3v) is 6.14. The molecule has 4 nitrogen and oxygen atoms in total. The highest BCUT2D eigenvalue weighted by Gasteiger charge is 2.29. The summed E-state index contributed by atoms with van der Waals surface area (Å²) in [5.74, 6) is 1.14. The lowest BCUT2D eigenvalue weighted by atomic mass is 9.87. The monoisotopic (exact) mass is 306 g/mol. The molecule has 1 aromatic carbocycles. The van der Waals surface area contributed by atoms with Crippen molar-refractivity contribution in [2.24, 2.45) is 11.8 Å². The van der Waals surface area contributed by atoms with E-state index < -0.39 is 10.0 Å². The maximum Gasteiger partial charge on any atom is 0.218 e. The van der Waals surface area contributed by atoms with Gasteiger partial charge in [0.1, 0.15) is 0 Å². The molecule has 2 rings (SSSR count). The largest absolute Gasteiger partial charge is 0.218 e. The maximum atomic E-state index is 12.5. The van der Waals surface area contributed by atoms with Crippen molar-refractivity contribution in [3.05, 3.63) is 35.4 Å². The van der Waals surface area contributed by atoms with Crippen LogP contribution in [-0.2, 0) is 15.8 Å². The van der Waals surface area contributed by atoms with Crippen LogP contribution >= 0.6 is 0 Å². The Balaban J connectivity index is 2.08. The zero-order valence-electron chi connectivity index (χ0n) is 12.6. The third-order valence-electron chi connectivity index (χ3n) is 4.31. The Hall–Kier alpha value is -1.38. The molecule has 1 saturated heterocycles. The Morgan fingerprint density at radius 1 is 1.29 bits per heavy atom. The van der Waals surface area contributed by atoms with Crippen molar-refractivity contribution < 1.29 is 8.42 Å². The number of rotatable bonds is 4. The van der Waals surface area contributed by atoms with Crippen LogP contribution in [0.25, 0.3) is 0 Å². The van der Waals surface area contributed by atoms with Crippen LogP contribution in [0.1, 0.15) is 37.8 Å². The first kappa shape index (κ1) is 16.0. The van der Waals surface area contributed by atoms with Crippen LogP contribution < -0.4 is 0 Å². The summed E-state index contributed by atoms with van der Waals surface area (Å²) in [6.07, 6.45) is 1.85. The van der Waals surface area contributed by atoms with E-state index in [9.17, 15) is 8.42 Å². The van der Waals surface area contributed by atoms with Gasteiger partial charge in [0.05, 0.1) is 17.4 Å². The molecule has 1 fully saturated rings. The van der Waals surface area contributed by atoms with Crippen LogP contribution in [0.4, 0.5) is 0 Å². The Bertz CT molecular complexity index is 624. The Morgan fingerprint density at radius 2 is 1.90 bits per heavy atom. The van der Waals surface area contributed by atoms with E-state index >= 15 is 0 Å². The van der Waals surface area contributed by atoms with Gasteiger partial charge in [-0.2, -0.15) is 5.26 Å². The van der Waals surface area contributed by atoms with Crippen molar-refractivity contribution in [3.8, 4) is 6.07 Å². The van der Waals surface area contributed by atoms with Gasteiger partial charge in [0.25, 0.3) is 0 Å². The van der Waals surface area contributed by atoms with E-state index in [1.165, 1.54) is 0 Å². The number of nitriles is 1. The first-order chi connectivity index (χ1) is 9.94. The molecule has 0 radical (unpaired) electrons. The van der Waals surface area contributed by atoms with Crippen molar-refractivity contribution in [1.29, 1.82) is 5.26 Å². The van der Waals surface area contributed by atoms with Crippen molar-refractivity contribution in [2.45, 2.75) is 32.4 Å². The summed E-state index contributed by atoms with van der Waals surface area (Å²) in [5, 5.41) is 9.06. The second-order valence-electron chi connectivity index (χ2n) is 6.01. The van der Waals surface area contributed by atoms with E-state index in [0.29, 0.717) is 36.1 Å². The second-order valence-corrected chi connectivity index (χ2v) is 7.97. The lowest BCUT2D eigenvalue weighted by molar-refractivity contribution is 0.226. The molecule has 21 heavy (non-hydrogen) atoms. The van der Waals surface area contributed by atoms with Gasteiger partial charge in [-0.15, -0.1) is 0 Å². The molecule has 114 valence electrons. The van der Waals surface area contributed by atoms with Crippen LogP contribution in [0.2, 0.25) is 0 Å². The molecule has 0 spiro atoms. The number of benzene rings is 1. The Kier molecular flexibility index (Phi) is 5.02. The topological polar surface area (TPSA) is 61.2 Å². The smallest absolute Gasteiger partial charge is 0.212 e. The molecule has 0 amide bonds. The van der Waals surface area contributed by atoms with Gasteiger partial charge in [-0.25, -0.2) is 12.7 Å². The summed E-state index contributed by atoms with van der Waals surface area (Å²) in [7, 11) is -3.34. The third kappa shape index (κ3) is 3.84. The molecule has 0 N–H and O–H groups in total. The fourth-order valence-electron chi connectivity index (χ4n) is 2.86. The summed E-state index contributed by atoms with van der Waals surface area (Å²) >= 11 is 0. The Morgan fingerprint density at radius 3 is 2.48 bits per heavy atom. The molecule has 1 aromatic rings. The SMILES string of the molecule is CC(C)C1CCN(S(=O)(=O)Cc2ccccc2C#N)CC1. The van der Waals surface area contributed by atoms with Gasteiger partial charge in [0, 0.05) is 13.1 Å². The lowest BCUT2D eigenvalue weighted by Gasteiger charge is -2.33. The summed E-state index contributed by atoms with van der Waals surface area (Å²) in [5.41, 5.74) is 1.03. The highest BCUT2D eigenvalue weighted by molar-refractivity contribution is 7.88. The van der Waals surface area contributed by atoms with Gasteiger partial charge in [0.2, 0.25) is 10.0 Å². The number of sulfonamides is 1. The number of hydrogen-bond donors (Lipinski definition) is 0. The fourth-order valence-corrected chi connectivity index (χ4v) is 4.46. The summed E-state index contributed by atoms with van der Waals surface area (Å²) in [6.45, 7) is 5.58. The molecule has 1 aliphatic rings. The van der Waals surface area contributed by atoms with Crippen LogP contribution in [0, 0.1) is 23.2 Å². The predicted molar refractivity (Wildman–Crippen MR) is 82.9 cm³/mol. The lowest BCUT2D eigenvalue weighted by Crippen LogP contribution is -2.40. The van der Waals surface area contributed by atoms with Gasteiger partial charge in [-0.1, -0.05) is 32.0 Å². The average Bonchev–Trinajstić information content (AvgIpc) is 2.47. The number of hydrogen-bond acceptors (Lipinski definition) is 3. The maximum absolute atomic E-state index is 12.5. The van der Waals surface area contributed by atoms with E-state index in [1.807, 2.05) is 0 Å². The van der Waals surface area contributed by atoms with Crippen LogP contribution in [0.3, 0.4) is 0 Å². The molecule has 0 saturated carbocycles. The molecule has 1 heterocycles. The van der Waals surface area contributed by atoms with E-state index in [1.54, 1.807) is 28.6 Å². The predicted octanol–water partition coefficient (Wildman–Crippen LogP) is 2.76. The standard InChI is InChI=1S/C16H22N2O2S/c1-13(2)14-7-9-18(10-8-14)21(19,20)12-16-6-4-3-5-15(16)11-17/h3-6,13-14H,7-10,12H2,1-2H3. The molecule has 1 aliphatic heterocycles. The zero-order chi connectivity index (χ0) is 15.5. The first-order valence-electron chi connectivity index (χ1n) is 7.40. The van der Waals surface area contributed by atoms with Crippen molar-refractivity contribution in [2.75, 3.05) is 13.1 Å². The van der Waals surface area contributed by atoms with E-state index in [0.717, 1.165) is 12.8 Å². The van der Waals surface area contributed by atoms with E-state index in [2.05, 4.69) is 19.9 Å². The molecule has 0 atom stereocenters. The highest BCUT2D eigenvalue weighted by atomic mass is 32.2. The fraction of sp³-hybridized carbons (Fsp3) is 0.562. The first-order valence-corrected chi connectivity index (χ1v) is 9.01. The Labute approximate surface area is 127 Å². The van der Waals surface area contributed by atoms with Crippen molar-refractivity contribution >= 4 is 10.0 Å². The minimum Gasteiger partial charge on any atom is -0.212 e. The molecule has 0 unspecified atom stereocenters. The molecular formula is C16H22N2O2S. The van der Waals surface area contributed by atoms with E-state index in [4.69, 9.17) is 5.26 Å². The van der Waals surface area contributed by atoms with Crippen LogP contribution in [0.15, 0.2) is 24.3 Å². The minimum atomic E-state index is -3.34. The molecule has 0 aromatic heterocycles. The van der Waals surface area contributed by atoms with Gasteiger partial charge in [-0.3, -0.25) is 0 Å². The number of piperidine rings is 1. The highest BCUT2D eigenvalue weighted by Crippen LogP contribution is 2.27. The molecule has 0 aliphatic carbocycles. The quantitative estimate of drug-likeness (QED) is 0.859. The molecular weight excluding hydrogens is 284 g/mol. The van der Waals surface area contributed by atoms with Crippen molar-refractivity contribution in [3.63, 3.8) is 0 Å². The summed E-state index contributed by atoms with van der Waals surface area (Å²) in [4.78, 5) is 0. The van der Waals surface area contributed by atoms with Crippen LogP contribution in [0.5, 0.6) is 0 Å². The second kappa shape index (κ2) is 6.59. The van der Waals surface area contributed by atoms with Crippen LogP contribution in [-0.4, -0.2) is 25.8 Å². The summed E-state index contributed by atoms with van der Waals surface area (Å²) < 4.78 is 26.6. The van der Waals surface area contributed by atoms with Gasteiger partial charge in [0.15, 0.2) is 0 Å². The van der Waals surface area contributed by atoms with Crippen molar-refractivity contribution in [1.82, 2.24) is 4.31 Å². The van der Waals surface area contributed by atoms with E-state index in [-0.39, 0.29) is 5.75 Å². The summed E-state index contributed by atoms with van der Waals surface area (Å²) in [6, 6.07) is 8.97. The minimum absolute atomic E-state index is 0.0803.